The molecule has 3 rings (SSSR count). The standard InChI is InChI=1S/C21H25N3O3/c1-3-4-11-24(14-15-7-9-22-10-8-15)21(26)18-13-20(25)23-19-6-5-16(27-2)12-17(18)19/h5-10,12,18H,3-4,11,13-14H2,1-2H3,(H,23,25)/t18-/m0/s1. The first-order valence-electron chi connectivity index (χ1n) is 9.27. The number of amides is 2. The number of nitrogens with one attached hydrogen (secondary N) is 1. The smallest absolute Gasteiger partial charge is 0.231 e. The first kappa shape index (κ1) is 18.9. The van der Waals surface area contributed by atoms with Gasteiger partial charge >= 0.3 is 0 Å². The highest BCUT2D eigenvalue weighted by atomic mass is 16.5. The number of methoxy groups -OCH3 is 1. The van der Waals surface area contributed by atoms with Gasteiger partial charge in [-0.05, 0) is 47.9 Å². The maximum absolute atomic E-state index is 13.4. The van der Waals surface area contributed by atoms with E-state index < -0.39 is 5.92 Å². The number of ether oxygens (including phenoxy) is 1. The van der Waals surface area contributed by atoms with Crippen LogP contribution in [0.3, 0.4) is 0 Å². The van der Waals surface area contributed by atoms with Crippen molar-refractivity contribution in [1.82, 2.24) is 9.88 Å². The molecule has 142 valence electrons. The second kappa shape index (κ2) is 8.66. The Morgan fingerprint density at radius 3 is 2.78 bits per heavy atom. The zero-order valence-corrected chi connectivity index (χ0v) is 15.8. The third-order valence-electron chi connectivity index (χ3n) is 4.81. The lowest BCUT2D eigenvalue weighted by molar-refractivity contribution is -0.135. The summed E-state index contributed by atoms with van der Waals surface area (Å²) in [6, 6.07) is 9.26. The molecule has 2 amide bonds. The SMILES string of the molecule is CCCCN(Cc1ccncc1)C(=O)[C@H]1CC(=O)Nc2ccc(OC)cc21. The van der Waals surface area contributed by atoms with Crippen molar-refractivity contribution in [2.45, 2.75) is 38.6 Å². The molecular weight excluding hydrogens is 342 g/mol. The number of nitrogens with zero attached hydrogens (tertiary/aromatic N) is 2. The largest absolute Gasteiger partial charge is 0.497 e. The number of benzene rings is 1. The van der Waals surface area contributed by atoms with Gasteiger partial charge in [0.1, 0.15) is 5.75 Å². The molecule has 0 aliphatic carbocycles. The normalized spacial score (nSPS) is 15.6. The van der Waals surface area contributed by atoms with Gasteiger partial charge in [0.05, 0.1) is 13.0 Å². The number of hydrogen-bond acceptors (Lipinski definition) is 4. The fourth-order valence-corrected chi connectivity index (χ4v) is 3.33. The summed E-state index contributed by atoms with van der Waals surface area (Å²) in [5.74, 6) is 0.0227. The Morgan fingerprint density at radius 1 is 1.30 bits per heavy atom. The topological polar surface area (TPSA) is 71.5 Å². The van der Waals surface area contributed by atoms with Gasteiger partial charge in [0.25, 0.3) is 0 Å². The number of unbranched alkanes of at least 4 members (excludes halogenated alkanes) is 1. The summed E-state index contributed by atoms with van der Waals surface area (Å²) in [6.07, 6.45) is 5.52. The summed E-state index contributed by atoms with van der Waals surface area (Å²) in [4.78, 5) is 31.5. The lowest BCUT2D eigenvalue weighted by Crippen LogP contribution is -2.38. The van der Waals surface area contributed by atoms with E-state index in [0.717, 1.165) is 24.0 Å². The van der Waals surface area contributed by atoms with Crippen LogP contribution in [-0.2, 0) is 16.1 Å². The van der Waals surface area contributed by atoms with Crippen molar-refractivity contribution in [1.29, 1.82) is 0 Å². The van der Waals surface area contributed by atoms with Crippen LogP contribution in [0.4, 0.5) is 5.69 Å². The Morgan fingerprint density at radius 2 is 2.07 bits per heavy atom. The lowest BCUT2D eigenvalue weighted by atomic mass is 9.89. The molecule has 1 aliphatic heterocycles. The Balaban J connectivity index is 1.89. The summed E-state index contributed by atoms with van der Waals surface area (Å²) in [6.45, 7) is 3.27. The van der Waals surface area contributed by atoms with Gasteiger partial charge < -0.3 is 15.0 Å². The number of rotatable bonds is 7. The van der Waals surface area contributed by atoms with E-state index in [1.165, 1.54) is 0 Å². The van der Waals surface area contributed by atoms with E-state index in [9.17, 15) is 9.59 Å². The molecular formula is C21H25N3O3. The quantitative estimate of drug-likeness (QED) is 0.815. The highest BCUT2D eigenvalue weighted by Gasteiger charge is 2.33. The summed E-state index contributed by atoms with van der Waals surface area (Å²) < 4.78 is 5.31. The van der Waals surface area contributed by atoms with E-state index in [0.29, 0.717) is 24.5 Å². The van der Waals surface area contributed by atoms with Crippen LogP contribution < -0.4 is 10.1 Å². The zero-order chi connectivity index (χ0) is 19.2. The number of aromatic nitrogens is 1. The molecule has 1 aliphatic rings. The summed E-state index contributed by atoms with van der Waals surface area (Å²) in [5, 5.41) is 2.85. The predicted molar refractivity (Wildman–Crippen MR) is 104 cm³/mol. The van der Waals surface area contributed by atoms with Crippen LogP contribution in [0.15, 0.2) is 42.7 Å². The molecule has 1 aromatic carbocycles. The molecule has 1 aromatic heterocycles. The van der Waals surface area contributed by atoms with Crippen LogP contribution in [0, 0.1) is 0 Å². The van der Waals surface area contributed by atoms with Crippen LogP contribution >= 0.6 is 0 Å². The van der Waals surface area contributed by atoms with Gasteiger partial charge in [-0.2, -0.15) is 0 Å². The molecule has 0 saturated carbocycles. The minimum atomic E-state index is -0.498. The molecule has 27 heavy (non-hydrogen) atoms. The number of anilines is 1. The second-order valence-corrected chi connectivity index (χ2v) is 6.73. The Bertz CT molecular complexity index is 808. The first-order chi connectivity index (χ1) is 13.1. The van der Waals surface area contributed by atoms with Crippen molar-refractivity contribution in [3.05, 3.63) is 53.9 Å². The van der Waals surface area contributed by atoms with E-state index in [2.05, 4.69) is 17.2 Å². The fourth-order valence-electron chi connectivity index (χ4n) is 3.33. The van der Waals surface area contributed by atoms with Gasteiger partial charge in [0.15, 0.2) is 0 Å². The van der Waals surface area contributed by atoms with Crippen molar-refractivity contribution in [2.75, 3.05) is 19.0 Å². The molecule has 6 nitrogen and oxygen atoms in total. The van der Waals surface area contributed by atoms with E-state index in [1.54, 1.807) is 31.6 Å². The summed E-state index contributed by atoms with van der Waals surface area (Å²) in [5.41, 5.74) is 2.53. The molecule has 0 bridgehead atoms. The number of pyridine rings is 1. The highest BCUT2D eigenvalue weighted by molar-refractivity contribution is 6.01. The summed E-state index contributed by atoms with van der Waals surface area (Å²) in [7, 11) is 1.59. The Kier molecular flexibility index (Phi) is 6.06. The van der Waals surface area contributed by atoms with E-state index in [1.807, 2.05) is 23.1 Å². The lowest BCUT2D eigenvalue weighted by Gasteiger charge is -2.31. The van der Waals surface area contributed by atoms with Crippen molar-refractivity contribution in [3.63, 3.8) is 0 Å². The Hall–Kier alpha value is -2.89. The molecule has 0 spiro atoms. The molecule has 6 heteroatoms. The van der Waals surface area contributed by atoms with E-state index in [-0.39, 0.29) is 18.2 Å². The third kappa shape index (κ3) is 4.45. The number of carbonyl (C=O) groups excluding carboxylic acids is 2. The van der Waals surface area contributed by atoms with Gasteiger partial charge in [-0.15, -0.1) is 0 Å². The zero-order valence-electron chi connectivity index (χ0n) is 15.8. The first-order valence-corrected chi connectivity index (χ1v) is 9.27. The predicted octanol–water partition coefficient (Wildman–Crippen LogP) is 3.34. The monoisotopic (exact) mass is 367 g/mol. The van der Waals surface area contributed by atoms with E-state index in [4.69, 9.17) is 4.74 Å². The molecule has 0 saturated heterocycles. The number of fused-ring (bicyclic) bond motifs is 1. The number of carbonyl (C=O) groups is 2. The van der Waals surface area contributed by atoms with Crippen LogP contribution in [0.2, 0.25) is 0 Å². The van der Waals surface area contributed by atoms with E-state index >= 15 is 0 Å². The average Bonchev–Trinajstić information content (AvgIpc) is 2.70. The van der Waals surface area contributed by atoms with Crippen molar-refractivity contribution in [3.8, 4) is 5.75 Å². The second-order valence-electron chi connectivity index (χ2n) is 6.73. The van der Waals surface area contributed by atoms with Crippen LogP contribution in [0.25, 0.3) is 0 Å². The average molecular weight is 367 g/mol. The van der Waals surface area contributed by atoms with Crippen LogP contribution in [0.5, 0.6) is 5.75 Å². The molecule has 0 fully saturated rings. The minimum Gasteiger partial charge on any atom is -0.497 e. The van der Waals surface area contributed by atoms with Gasteiger partial charge in [-0.3, -0.25) is 14.6 Å². The van der Waals surface area contributed by atoms with Gasteiger partial charge in [-0.25, -0.2) is 0 Å². The molecule has 2 aromatic rings. The van der Waals surface area contributed by atoms with Gasteiger partial charge in [0, 0.05) is 37.6 Å². The number of hydrogen-bond donors (Lipinski definition) is 1. The maximum Gasteiger partial charge on any atom is 0.231 e. The molecule has 2 heterocycles. The summed E-state index contributed by atoms with van der Waals surface area (Å²) >= 11 is 0. The highest BCUT2D eigenvalue weighted by Crippen LogP contribution is 2.36. The van der Waals surface area contributed by atoms with Crippen LogP contribution in [0.1, 0.15) is 43.2 Å². The van der Waals surface area contributed by atoms with Crippen molar-refractivity contribution in [2.24, 2.45) is 0 Å². The third-order valence-corrected chi connectivity index (χ3v) is 4.81. The Labute approximate surface area is 159 Å². The minimum absolute atomic E-state index is 0.0235. The molecule has 1 N–H and O–H groups in total. The molecule has 0 unspecified atom stereocenters. The van der Waals surface area contributed by atoms with Gasteiger partial charge in [0.2, 0.25) is 11.8 Å². The molecule has 0 radical (unpaired) electrons. The fraction of sp³-hybridized carbons (Fsp3) is 0.381. The van der Waals surface area contributed by atoms with Crippen molar-refractivity contribution < 1.29 is 14.3 Å². The maximum atomic E-state index is 13.4. The van der Waals surface area contributed by atoms with Gasteiger partial charge in [-0.1, -0.05) is 13.3 Å². The molecule has 1 atom stereocenters. The van der Waals surface area contributed by atoms with Crippen molar-refractivity contribution >= 4 is 17.5 Å². The van der Waals surface area contributed by atoms with Crippen LogP contribution in [-0.4, -0.2) is 35.4 Å².